The molecule has 128 valence electrons. The molecule has 3 heterocycles. The first-order valence-electron chi connectivity index (χ1n) is 8.44. The van der Waals surface area contributed by atoms with Gasteiger partial charge in [-0.15, -0.1) is 11.3 Å². The number of rotatable bonds is 4. The normalized spacial score (nSPS) is 14.9. The molecule has 1 aromatic carbocycles. The number of amides is 1. The summed E-state index contributed by atoms with van der Waals surface area (Å²) in [6.07, 6.45) is 4.72. The van der Waals surface area contributed by atoms with Crippen molar-refractivity contribution in [2.75, 3.05) is 31.1 Å². The molecule has 1 fully saturated rings. The quantitative estimate of drug-likeness (QED) is 0.721. The topological polar surface area (TPSA) is 62.2 Å². The van der Waals surface area contributed by atoms with Gasteiger partial charge in [-0.25, -0.2) is 15.0 Å². The maximum Gasteiger partial charge on any atom is 0.225 e. The van der Waals surface area contributed by atoms with Crippen molar-refractivity contribution in [2.45, 2.75) is 12.8 Å². The van der Waals surface area contributed by atoms with Gasteiger partial charge in [0.1, 0.15) is 0 Å². The minimum atomic E-state index is 0.202. The Hall–Kier alpha value is -2.54. The van der Waals surface area contributed by atoms with Crippen LogP contribution in [0, 0.1) is 0 Å². The molecule has 2 aromatic heterocycles. The summed E-state index contributed by atoms with van der Waals surface area (Å²) in [6, 6.07) is 9.91. The van der Waals surface area contributed by atoms with Gasteiger partial charge in [-0.2, -0.15) is 0 Å². The Bertz CT molecular complexity index is 825. The molecule has 1 aliphatic heterocycles. The summed E-state index contributed by atoms with van der Waals surface area (Å²) >= 11 is 1.68. The molecular weight excluding hydrogens is 334 g/mol. The van der Waals surface area contributed by atoms with Gasteiger partial charge in [0.25, 0.3) is 0 Å². The third-order valence-corrected chi connectivity index (χ3v) is 5.45. The summed E-state index contributed by atoms with van der Waals surface area (Å²) in [5.74, 6) is 0.942. The molecule has 1 saturated heterocycles. The number of thiazole rings is 1. The van der Waals surface area contributed by atoms with E-state index in [9.17, 15) is 4.79 Å². The van der Waals surface area contributed by atoms with Crippen LogP contribution in [-0.2, 0) is 11.2 Å². The molecule has 4 rings (SSSR count). The highest BCUT2D eigenvalue weighted by Gasteiger charge is 2.22. The Morgan fingerprint density at radius 2 is 1.80 bits per heavy atom. The highest BCUT2D eigenvalue weighted by molar-refractivity contribution is 7.18. The molecule has 0 spiro atoms. The number of hydrogen-bond donors (Lipinski definition) is 0. The van der Waals surface area contributed by atoms with Crippen LogP contribution in [0.5, 0.6) is 0 Å². The lowest BCUT2D eigenvalue weighted by Gasteiger charge is -2.34. The fourth-order valence-corrected chi connectivity index (χ4v) is 3.98. The zero-order valence-corrected chi connectivity index (χ0v) is 14.7. The Kier molecular flexibility index (Phi) is 4.56. The van der Waals surface area contributed by atoms with E-state index in [1.165, 1.54) is 4.70 Å². The second-order valence-corrected chi connectivity index (χ2v) is 7.11. The predicted molar refractivity (Wildman–Crippen MR) is 98.8 cm³/mol. The maximum atomic E-state index is 12.5. The van der Waals surface area contributed by atoms with Gasteiger partial charge in [-0.1, -0.05) is 12.1 Å². The van der Waals surface area contributed by atoms with Gasteiger partial charge in [0.2, 0.25) is 11.9 Å². The van der Waals surface area contributed by atoms with E-state index in [1.807, 2.05) is 29.2 Å². The summed E-state index contributed by atoms with van der Waals surface area (Å²) in [4.78, 5) is 29.7. The summed E-state index contributed by atoms with van der Waals surface area (Å²) in [7, 11) is 0. The van der Waals surface area contributed by atoms with E-state index in [1.54, 1.807) is 23.7 Å². The lowest BCUT2D eigenvalue weighted by atomic mass is 10.2. The molecule has 3 aromatic rings. The molecular formula is C18H19N5OS. The molecule has 25 heavy (non-hydrogen) atoms. The minimum absolute atomic E-state index is 0.202. The van der Waals surface area contributed by atoms with Crippen LogP contribution in [-0.4, -0.2) is 51.9 Å². The van der Waals surface area contributed by atoms with Crippen LogP contribution in [0.25, 0.3) is 10.2 Å². The average molecular weight is 353 g/mol. The Morgan fingerprint density at radius 3 is 2.56 bits per heavy atom. The molecule has 0 saturated carbocycles. The first-order chi connectivity index (χ1) is 12.3. The number of aryl methyl sites for hydroxylation is 1. The number of hydrogen-bond acceptors (Lipinski definition) is 6. The van der Waals surface area contributed by atoms with Gasteiger partial charge in [0.05, 0.1) is 15.2 Å². The molecule has 0 bridgehead atoms. The van der Waals surface area contributed by atoms with E-state index in [4.69, 9.17) is 0 Å². The van der Waals surface area contributed by atoms with E-state index in [2.05, 4.69) is 25.9 Å². The van der Waals surface area contributed by atoms with Gasteiger partial charge >= 0.3 is 0 Å². The van der Waals surface area contributed by atoms with Crippen LogP contribution in [0.15, 0.2) is 42.7 Å². The van der Waals surface area contributed by atoms with Crippen molar-refractivity contribution in [1.82, 2.24) is 19.9 Å². The minimum Gasteiger partial charge on any atom is -0.339 e. The standard InChI is InChI=1S/C18H19N5OS/c24-17(7-6-16-21-14-4-1-2-5-15(14)25-16)22-10-12-23(13-11-22)18-19-8-3-9-20-18/h1-5,8-9H,6-7,10-13H2. The summed E-state index contributed by atoms with van der Waals surface area (Å²) in [5, 5.41) is 1.03. The van der Waals surface area contributed by atoms with Gasteiger partial charge < -0.3 is 9.80 Å². The zero-order valence-electron chi connectivity index (χ0n) is 13.8. The smallest absolute Gasteiger partial charge is 0.225 e. The predicted octanol–water partition coefficient (Wildman–Crippen LogP) is 2.37. The number of fused-ring (bicyclic) bond motifs is 1. The molecule has 0 unspecified atom stereocenters. The van der Waals surface area contributed by atoms with Crippen molar-refractivity contribution in [3.8, 4) is 0 Å². The maximum absolute atomic E-state index is 12.5. The largest absolute Gasteiger partial charge is 0.339 e. The van der Waals surface area contributed by atoms with Gasteiger partial charge in [-0.05, 0) is 18.2 Å². The molecule has 7 heteroatoms. The van der Waals surface area contributed by atoms with Crippen molar-refractivity contribution >= 4 is 33.4 Å². The molecule has 6 nitrogen and oxygen atoms in total. The van der Waals surface area contributed by atoms with Crippen molar-refractivity contribution < 1.29 is 4.79 Å². The molecule has 1 aliphatic rings. The Balaban J connectivity index is 1.30. The van der Waals surface area contributed by atoms with Crippen LogP contribution in [0.1, 0.15) is 11.4 Å². The van der Waals surface area contributed by atoms with E-state index in [0.717, 1.165) is 42.7 Å². The SMILES string of the molecule is O=C(CCc1nc2ccccc2s1)N1CCN(c2ncccn2)CC1. The van der Waals surface area contributed by atoms with E-state index < -0.39 is 0 Å². The Morgan fingerprint density at radius 1 is 1.04 bits per heavy atom. The van der Waals surface area contributed by atoms with Gasteiger partial charge in [0.15, 0.2) is 0 Å². The van der Waals surface area contributed by atoms with E-state index in [0.29, 0.717) is 12.8 Å². The number of carbonyl (C=O) groups excluding carboxylic acids is 1. The fourth-order valence-electron chi connectivity index (χ4n) is 3.01. The van der Waals surface area contributed by atoms with Crippen LogP contribution in [0.3, 0.4) is 0 Å². The van der Waals surface area contributed by atoms with E-state index in [-0.39, 0.29) is 5.91 Å². The monoisotopic (exact) mass is 353 g/mol. The summed E-state index contributed by atoms with van der Waals surface area (Å²) < 4.78 is 1.18. The van der Waals surface area contributed by atoms with Crippen LogP contribution in [0.2, 0.25) is 0 Å². The molecule has 1 amide bonds. The van der Waals surface area contributed by atoms with Crippen LogP contribution < -0.4 is 4.90 Å². The van der Waals surface area contributed by atoms with Gasteiger partial charge in [-0.3, -0.25) is 4.79 Å². The highest BCUT2D eigenvalue weighted by atomic mass is 32.1. The first-order valence-corrected chi connectivity index (χ1v) is 9.25. The summed E-state index contributed by atoms with van der Waals surface area (Å²) in [5.41, 5.74) is 1.02. The second kappa shape index (κ2) is 7.14. The number of anilines is 1. The average Bonchev–Trinajstić information content (AvgIpc) is 3.10. The number of benzene rings is 1. The number of carbonyl (C=O) groups is 1. The van der Waals surface area contributed by atoms with Gasteiger partial charge in [0, 0.05) is 51.4 Å². The number of piperazine rings is 1. The highest BCUT2D eigenvalue weighted by Crippen LogP contribution is 2.22. The second-order valence-electron chi connectivity index (χ2n) is 5.99. The molecule has 0 N–H and O–H groups in total. The third-order valence-electron chi connectivity index (χ3n) is 4.36. The van der Waals surface area contributed by atoms with E-state index >= 15 is 0 Å². The fraction of sp³-hybridized carbons (Fsp3) is 0.333. The van der Waals surface area contributed by atoms with Crippen molar-refractivity contribution in [2.24, 2.45) is 0 Å². The Labute approximate surface area is 150 Å². The van der Waals surface area contributed by atoms with Crippen molar-refractivity contribution in [3.05, 3.63) is 47.7 Å². The number of aromatic nitrogens is 3. The lowest BCUT2D eigenvalue weighted by Crippen LogP contribution is -2.49. The van der Waals surface area contributed by atoms with Crippen LogP contribution in [0.4, 0.5) is 5.95 Å². The van der Waals surface area contributed by atoms with Crippen molar-refractivity contribution in [1.29, 1.82) is 0 Å². The number of para-hydroxylation sites is 1. The lowest BCUT2D eigenvalue weighted by molar-refractivity contribution is -0.131. The summed E-state index contributed by atoms with van der Waals surface area (Å²) in [6.45, 7) is 2.99. The molecule has 0 radical (unpaired) electrons. The molecule has 0 aliphatic carbocycles. The van der Waals surface area contributed by atoms with Crippen LogP contribution >= 0.6 is 11.3 Å². The first kappa shape index (κ1) is 16.0. The zero-order chi connectivity index (χ0) is 17.1. The third kappa shape index (κ3) is 3.61. The number of nitrogens with zero attached hydrogens (tertiary/aromatic N) is 5. The molecule has 0 atom stereocenters. The van der Waals surface area contributed by atoms with Crippen molar-refractivity contribution in [3.63, 3.8) is 0 Å².